The molecule has 0 aromatic rings. The third kappa shape index (κ3) is 1.94. The molecule has 5 heteroatoms. The van der Waals surface area contributed by atoms with Gasteiger partial charge in [0.2, 0.25) is 0 Å². The first-order valence-electron chi connectivity index (χ1n) is 3.89. The number of rotatable bonds is 2. The molecule has 0 rings (SSSR count). The molecule has 0 aliphatic rings. The van der Waals surface area contributed by atoms with Crippen molar-refractivity contribution in [1.82, 2.24) is 0 Å². The molecule has 0 heterocycles. The highest BCUT2D eigenvalue weighted by Crippen LogP contribution is 2.51. The molecule has 0 aromatic carbocycles. The summed E-state index contributed by atoms with van der Waals surface area (Å²) in [5.41, 5.74) is -2.98. The van der Waals surface area contributed by atoms with Crippen molar-refractivity contribution in [2.24, 2.45) is 11.3 Å². The van der Waals surface area contributed by atoms with E-state index in [1.807, 2.05) is 0 Å². The van der Waals surface area contributed by atoms with Crippen molar-refractivity contribution in [1.29, 1.82) is 0 Å². The Kier molecular flexibility index (Phi) is 3.02. The zero-order valence-corrected chi connectivity index (χ0v) is 7.97. The molecule has 0 aliphatic carbocycles. The molecule has 0 bridgehead atoms. The van der Waals surface area contributed by atoms with Crippen molar-refractivity contribution in [3.05, 3.63) is 0 Å². The van der Waals surface area contributed by atoms with Crippen LogP contribution < -0.4 is 0 Å². The van der Waals surface area contributed by atoms with Crippen LogP contribution in [0.2, 0.25) is 0 Å². The van der Waals surface area contributed by atoms with Crippen LogP contribution in [-0.4, -0.2) is 12.1 Å². The largest absolute Gasteiger partial charge is 0.399 e. The van der Waals surface area contributed by atoms with E-state index in [0.29, 0.717) is 13.8 Å². The molecule has 0 fully saturated rings. The SMILES string of the molecule is CC(C)C(F)(F)C(C)(C)C(F)(F)F. The molecular weight excluding hydrogens is 191 g/mol. The highest BCUT2D eigenvalue weighted by atomic mass is 19.4. The fourth-order valence-electron chi connectivity index (χ4n) is 0.911. The van der Waals surface area contributed by atoms with E-state index in [0.717, 1.165) is 13.8 Å². The Morgan fingerprint density at radius 3 is 1.23 bits per heavy atom. The second-order valence-corrected chi connectivity index (χ2v) is 3.90. The highest BCUT2D eigenvalue weighted by Gasteiger charge is 2.63. The van der Waals surface area contributed by atoms with Crippen molar-refractivity contribution >= 4 is 0 Å². The molecule has 0 spiro atoms. The van der Waals surface area contributed by atoms with Gasteiger partial charge < -0.3 is 0 Å². The van der Waals surface area contributed by atoms with Crippen LogP contribution in [0.4, 0.5) is 22.0 Å². The average molecular weight is 204 g/mol. The Labute approximate surface area is 74.1 Å². The molecule has 0 amide bonds. The molecule has 0 aromatic heterocycles. The van der Waals surface area contributed by atoms with E-state index >= 15 is 0 Å². The highest BCUT2D eigenvalue weighted by molar-refractivity contribution is 4.92. The van der Waals surface area contributed by atoms with Crippen LogP contribution in [0.25, 0.3) is 0 Å². The molecule has 0 radical (unpaired) electrons. The number of alkyl halides is 5. The summed E-state index contributed by atoms with van der Waals surface area (Å²) >= 11 is 0. The van der Waals surface area contributed by atoms with Gasteiger partial charge in [0.1, 0.15) is 5.41 Å². The van der Waals surface area contributed by atoms with Gasteiger partial charge in [-0.15, -0.1) is 0 Å². The van der Waals surface area contributed by atoms with E-state index < -0.39 is 23.4 Å². The van der Waals surface area contributed by atoms with Gasteiger partial charge in [-0.25, -0.2) is 8.78 Å². The number of hydrogen-bond acceptors (Lipinski definition) is 0. The zero-order valence-electron chi connectivity index (χ0n) is 7.97. The maximum atomic E-state index is 13.1. The minimum atomic E-state index is -4.89. The Hall–Kier alpha value is -0.350. The molecule has 0 saturated heterocycles. The van der Waals surface area contributed by atoms with Crippen LogP contribution in [0.5, 0.6) is 0 Å². The second kappa shape index (κ2) is 3.10. The van der Waals surface area contributed by atoms with E-state index in [1.54, 1.807) is 0 Å². The van der Waals surface area contributed by atoms with Crippen LogP contribution in [0, 0.1) is 11.3 Å². The lowest BCUT2D eigenvalue weighted by atomic mass is 9.79. The minimum absolute atomic E-state index is 0.521. The summed E-state index contributed by atoms with van der Waals surface area (Å²) in [5, 5.41) is 0. The number of halogens is 5. The van der Waals surface area contributed by atoms with Gasteiger partial charge in [-0.2, -0.15) is 13.2 Å². The fourth-order valence-corrected chi connectivity index (χ4v) is 0.911. The molecule has 0 saturated carbocycles. The average Bonchev–Trinajstić information content (AvgIpc) is 1.84. The standard InChI is InChI=1S/C8H13F5/c1-5(2)7(9,10)6(3,4)8(11,12)13/h5H,1-4H3. The predicted molar refractivity (Wildman–Crippen MR) is 39.6 cm³/mol. The third-order valence-corrected chi connectivity index (χ3v) is 2.27. The Bertz CT molecular complexity index is 177. The van der Waals surface area contributed by atoms with Crippen molar-refractivity contribution < 1.29 is 22.0 Å². The Balaban J connectivity index is 5.04. The van der Waals surface area contributed by atoms with Gasteiger partial charge in [0.05, 0.1) is 0 Å². The lowest BCUT2D eigenvalue weighted by Gasteiger charge is -2.38. The monoisotopic (exact) mass is 204 g/mol. The second-order valence-electron chi connectivity index (χ2n) is 3.90. The summed E-state index contributed by atoms with van der Waals surface area (Å²) in [6.07, 6.45) is -4.89. The Morgan fingerprint density at radius 2 is 1.15 bits per heavy atom. The molecule has 0 N–H and O–H groups in total. The summed E-state index contributed by atoms with van der Waals surface area (Å²) < 4.78 is 62.8. The quantitative estimate of drug-likeness (QED) is 0.599. The smallest absolute Gasteiger partial charge is 0.206 e. The van der Waals surface area contributed by atoms with Crippen molar-refractivity contribution in [2.75, 3.05) is 0 Å². The summed E-state index contributed by atoms with van der Waals surface area (Å²) in [6, 6.07) is 0. The van der Waals surface area contributed by atoms with Crippen LogP contribution in [0.1, 0.15) is 27.7 Å². The number of hydrogen-bond donors (Lipinski definition) is 0. The van der Waals surface area contributed by atoms with Crippen LogP contribution >= 0.6 is 0 Å². The molecule has 0 atom stereocenters. The van der Waals surface area contributed by atoms with Crippen LogP contribution in [0.15, 0.2) is 0 Å². The minimum Gasteiger partial charge on any atom is -0.206 e. The van der Waals surface area contributed by atoms with Gasteiger partial charge in [-0.05, 0) is 13.8 Å². The van der Waals surface area contributed by atoms with E-state index in [-0.39, 0.29) is 0 Å². The van der Waals surface area contributed by atoms with Crippen molar-refractivity contribution in [2.45, 2.75) is 39.8 Å². The summed E-state index contributed by atoms with van der Waals surface area (Å²) in [6.45, 7) is 3.20. The summed E-state index contributed by atoms with van der Waals surface area (Å²) in [4.78, 5) is 0. The predicted octanol–water partition coefficient (Wildman–Crippen LogP) is 3.87. The van der Waals surface area contributed by atoms with Gasteiger partial charge in [-0.3, -0.25) is 0 Å². The molecule has 0 aliphatic heterocycles. The van der Waals surface area contributed by atoms with Gasteiger partial charge in [-0.1, -0.05) is 13.8 Å². The van der Waals surface area contributed by atoms with E-state index in [9.17, 15) is 22.0 Å². The molecule has 0 nitrogen and oxygen atoms in total. The lowest BCUT2D eigenvalue weighted by molar-refractivity contribution is -0.296. The van der Waals surface area contributed by atoms with Gasteiger partial charge in [0.25, 0.3) is 5.92 Å². The lowest BCUT2D eigenvalue weighted by Crippen LogP contribution is -2.50. The summed E-state index contributed by atoms with van der Waals surface area (Å²) in [5.74, 6) is -5.07. The van der Waals surface area contributed by atoms with Gasteiger partial charge in [0, 0.05) is 5.92 Å². The zero-order chi connectivity index (χ0) is 11.1. The molecule has 80 valence electrons. The van der Waals surface area contributed by atoms with E-state index in [1.165, 1.54) is 0 Å². The summed E-state index contributed by atoms with van der Waals surface area (Å²) in [7, 11) is 0. The normalized spacial score (nSPS) is 15.2. The first-order valence-corrected chi connectivity index (χ1v) is 3.89. The van der Waals surface area contributed by atoms with Gasteiger partial charge >= 0.3 is 6.18 Å². The Morgan fingerprint density at radius 1 is 0.846 bits per heavy atom. The van der Waals surface area contributed by atoms with Crippen LogP contribution in [0.3, 0.4) is 0 Å². The van der Waals surface area contributed by atoms with Gasteiger partial charge in [0.15, 0.2) is 0 Å². The van der Waals surface area contributed by atoms with Crippen molar-refractivity contribution in [3.63, 3.8) is 0 Å². The van der Waals surface area contributed by atoms with E-state index in [4.69, 9.17) is 0 Å². The first kappa shape index (κ1) is 12.7. The molecule has 0 unspecified atom stereocenters. The molecular formula is C8H13F5. The first-order chi connectivity index (χ1) is 5.44. The van der Waals surface area contributed by atoms with Crippen molar-refractivity contribution in [3.8, 4) is 0 Å². The topological polar surface area (TPSA) is 0 Å². The molecule has 13 heavy (non-hydrogen) atoms. The fraction of sp³-hybridized carbons (Fsp3) is 1.00. The third-order valence-electron chi connectivity index (χ3n) is 2.27. The maximum Gasteiger partial charge on any atom is 0.399 e. The maximum absolute atomic E-state index is 13.1. The van der Waals surface area contributed by atoms with Crippen LogP contribution in [-0.2, 0) is 0 Å². The van der Waals surface area contributed by atoms with E-state index in [2.05, 4.69) is 0 Å².